The Balaban J connectivity index is 3.59. The molecule has 78 valence electrons. The van der Waals surface area contributed by atoms with Crippen LogP contribution in [0.3, 0.4) is 0 Å². The van der Waals surface area contributed by atoms with Crippen LogP contribution in [-0.4, -0.2) is 30.3 Å². The first kappa shape index (κ1) is 12.6. The second-order valence-corrected chi connectivity index (χ2v) is 3.85. The maximum atomic E-state index is 11.7. The highest BCUT2D eigenvalue weighted by Crippen LogP contribution is 2.23. The van der Waals surface area contributed by atoms with Crippen LogP contribution in [0.15, 0.2) is 0 Å². The van der Waals surface area contributed by atoms with Gasteiger partial charge in [-0.25, -0.2) is 0 Å². The van der Waals surface area contributed by atoms with Gasteiger partial charge >= 0.3 is 12.1 Å². The third-order valence-electron chi connectivity index (χ3n) is 1.29. The number of hydrogen-bond donors (Lipinski definition) is 0. The number of thioether (sulfide) groups is 1. The number of hydrogen-bond acceptors (Lipinski definition) is 3. The molecule has 0 heterocycles. The van der Waals surface area contributed by atoms with E-state index in [9.17, 15) is 18.0 Å². The highest BCUT2D eigenvalue weighted by molar-refractivity contribution is 8.00. The predicted molar refractivity (Wildman–Crippen MR) is 44.6 cm³/mol. The summed E-state index contributed by atoms with van der Waals surface area (Å²) in [6.07, 6.45) is -5.03. The van der Waals surface area contributed by atoms with Crippen molar-refractivity contribution >= 4 is 17.7 Å². The molecule has 2 nitrogen and oxygen atoms in total. The fourth-order valence-corrected chi connectivity index (χ4v) is 1.52. The zero-order chi connectivity index (χ0) is 10.5. The van der Waals surface area contributed by atoms with Gasteiger partial charge in [0.05, 0.1) is 18.8 Å². The van der Waals surface area contributed by atoms with Crippen molar-refractivity contribution in [2.24, 2.45) is 0 Å². The third kappa shape index (κ3) is 6.74. The Kier molecular flexibility index (Phi) is 5.20. The van der Waals surface area contributed by atoms with Crippen LogP contribution < -0.4 is 0 Å². The molecule has 0 amide bonds. The molecule has 0 fully saturated rings. The van der Waals surface area contributed by atoms with Crippen molar-refractivity contribution in [3.63, 3.8) is 0 Å². The van der Waals surface area contributed by atoms with Gasteiger partial charge in [0, 0.05) is 5.75 Å². The summed E-state index contributed by atoms with van der Waals surface area (Å²) >= 11 is 0.941. The van der Waals surface area contributed by atoms with Crippen molar-refractivity contribution < 1.29 is 22.7 Å². The van der Waals surface area contributed by atoms with Crippen LogP contribution >= 0.6 is 11.8 Å². The van der Waals surface area contributed by atoms with E-state index in [-0.39, 0.29) is 5.75 Å². The van der Waals surface area contributed by atoms with Gasteiger partial charge in [-0.2, -0.15) is 13.2 Å². The topological polar surface area (TPSA) is 26.3 Å². The lowest BCUT2D eigenvalue weighted by molar-refractivity contribution is -0.139. The molecule has 0 radical (unpaired) electrons. The lowest BCUT2D eigenvalue weighted by Gasteiger charge is -2.09. The highest BCUT2D eigenvalue weighted by Gasteiger charge is 2.27. The first-order valence-corrected chi connectivity index (χ1v) is 4.68. The largest absolute Gasteiger partial charge is 0.468 e. The van der Waals surface area contributed by atoms with E-state index in [2.05, 4.69) is 4.74 Å². The SMILES string of the molecule is COC(=O)C(C)SCCC(F)(F)F. The Morgan fingerprint density at radius 2 is 2.08 bits per heavy atom. The van der Waals surface area contributed by atoms with E-state index in [1.165, 1.54) is 14.0 Å². The summed E-state index contributed by atoms with van der Waals surface area (Å²) in [6, 6.07) is 0. The third-order valence-corrected chi connectivity index (χ3v) is 2.42. The second kappa shape index (κ2) is 5.36. The van der Waals surface area contributed by atoms with Gasteiger partial charge in [-0.05, 0) is 6.92 Å². The quantitative estimate of drug-likeness (QED) is 0.674. The summed E-state index contributed by atoms with van der Waals surface area (Å²) in [5, 5.41) is -0.535. The van der Waals surface area contributed by atoms with Gasteiger partial charge < -0.3 is 4.74 Å². The van der Waals surface area contributed by atoms with Gasteiger partial charge in [0.2, 0.25) is 0 Å². The summed E-state index contributed by atoms with van der Waals surface area (Å²) in [4.78, 5) is 10.7. The van der Waals surface area contributed by atoms with E-state index >= 15 is 0 Å². The minimum atomic E-state index is -4.15. The molecule has 13 heavy (non-hydrogen) atoms. The summed E-state index contributed by atoms with van der Waals surface area (Å²) in [5.41, 5.74) is 0. The minimum absolute atomic E-state index is 0.111. The van der Waals surface area contributed by atoms with Crippen LogP contribution in [0.25, 0.3) is 0 Å². The number of rotatable bonds is 4. The number of alkyl halides is 3. The van der Waals surface area contributed by atoms with Gasteiger partial charge in [-0.1, -0.05) is 0 Å². The van der Waals surface area contributed by atoms with Gasteiger partial charge in [0.15, 0.2) is 0 Å². The molecule has 0 saturated carbocycles. The summed E-state index contributed by atoms with van der Waals surface area (Å²) in [7, 11) is 1.21. The molecular formula is C7H11F3O2S. The van der Waals surface area contributed by atoms with Crippen molar-refractivity contribution in [2.75, 3.05) is 12.9 Å². The molecule has 0 aromatic heterocycles. The molecule has 0 aliphatic heterocycles. The molecule has 0 saturated heterocycles. The van der Waals surface area contributed by atoms with Gasteiger partial charge in [0.25, 0.3) is 0 Å². The van der Waals surface area contributed by atoms with Gasteiger partial charge in [0.1, 0.15) is 0 Å². The molecule has 1 unspecified atom stereocenters. The van der Waals surface area contributed by atoms with E-state index in [1.807, 2.05) is 0 Å². The van der Waals surface area contributed by atoms with Crippen molar-refractivity contribution in [1.29, 1.82) is 0 Å². The average molecular weight is 216 g/mol. The molecule has 1 atom stereocenters. The number of methoxy groups -OCH3 is 1. The van der Waals surface area contributed by atoms with Crippen LogP contribution in [0.4, 0.5) is 13.2 Å². The highest BCUT2D eigenvalue weighted by atomic mass is 32.2. The zero-order valence-electron chi connectivity index (χ0n) is 7.35. The minimum Gasteiger partial charge on any atom is -0.468 e. The van der Waals surface area contributed by atoms with Crippen molar-refractivity contribution in [2.45, 2.75) is 24.8 Å². The zero-order valence-corrected chi connectivity index (χ0v) is 8.17. The Bertz CT molecular complexity index is 170. The summed E-state index contributed by atoms with van der Waals surface area (Å²) in [6.45, 7) is 1.52. The Labute approximate surface area is 78.8 Å². The molecule has 0 aromatic rings. The molecule has 0 N–H and O–H groups in total. The first-order chi connectivity index (χ1) is 5.87. The molecule has 0 aliphatic carbocycles. The predicted octanol–water partition coefficient (Wildman–Crippen LogP) is 2.23. The number of esters is 1. The van der Waals surface area contributed by atoms with Crippen LogP contribution in [0.5, 0.6) is 0 Å². The number of carbonyl (C=O) groups excluding carboxylic acids is 1. The maximum absolute atomic E-state index is 11.7. The molecule has 0 rings (SSSR count). The molecular weight excluding hydrogens is 205 g/mol. The van der Waals surface area contributed by atoms with Crippen molar-refractivity contribution in [3.05, 3.63) is 0 Å². The standard InChI is InChI=1S/C7H11F3O2S/c1-5(6(11)12-2)13-4-3-7(8,9)10/h5H,3-4H2,1-2H3. The Hall–Kier alpha value is -0.390. The van der Waals surface area contributed by atoms with Crippen LogP contribution in [-0.2, 0) is 9.53 Å². The average Bonchev–Trinajstić information content (AvgIpc) is 2.00. The lowest BCUT2D eigenvalue weighted by Crippen LogP contribution is -2.17. The normalized spacial score (nSPS) is 13.9. The van der Waals surface area contributed by atoms with Crippen LogP contribution in [0.2, 0.25) is 0 Å². The van der Waals surface area contributed by atoms with Crippen LogP contribution in [0, 0.1) is 0 Å². The summed E-state index contributed by atoms with van der Waals surface area (Å²) < 4.78 is 39.3. The van der Waals surface area contributed by atoms with E-state index in [4.69, 9.17) is 0 Å². The monoisotopic (exact) mass is 216 g/mol. The number of ether oxygens (including phenoxy) is 1. The van der Waals surface area contributed by atoms with E-state index < -0.39 is 23.8 Å². The van der Waals surface area contributed by atoms with E-state index in [1.54, 1.807) is 0 Å². The fraction of sp³-hybridized carbons (Fsp3) is 0.857. The second-order valence-electron chi connectivity index (χ2n) is 2.40. The maximum Gasteiger partial charge on any atom is 0.389 e. The molecule has 0 aromatic carbocycles. The smallest absolute Gasteiger partial charge is 0.389 e. The van der Waals surface area contributed by atoms with Gasteiger partial charge in [-0.3, -0.25) is 4.79 Å². The van der Waals surface area contributed by atoms with Crippen LogP contribution in [0.1, 0.15) is 13.3 Å². The van der Waals surface area contributed by atoms with Gasteiger partial charge in [-0.15, -0.1) is 11.8 Å². The number of carbonyl (C=O) groups is 1. The fourth-order valence-electron chi connectivity index (χ4n) is 0.585. The van der Waals surface area contributed by atoms with E-state index in [0.717, 1.165) is 11.8 Å². The molecule has 0 spiro atoms. The molecule has 0 aliphatic rings. The van der Waals surface area contributed by atoms with Crippen molar-refractivity contribution in [1.82, 2.24) is 0 Å². The van der Waals surface area contributed by atoms with Crippen molar-refractivity contribution in [3.8, 4) is 0 Å². The Morgan fingerprint density at radius 1 is 1.54 bits per heavy atom. The number of halogens is 3. The lowest BCUT2D eigenvalue weighted by atomic mass is 10.5. The first-order valence-electron chi connectivity index (χ1n) is 3.63. The Morgan fingerprint density at radius 3 is 2.46 bits per heavy atom. The summed E-state index contributed by atoms with van der Waals surface area (Å²) in [5.74, 6) is -0.605. The van der Waals surface area contributed by atoms with E-state index in [0.29, 0.717) is 0 Å². The molecule has 6 heteroatoms. The molecule has 0 bridgehead atoms.